The van der Waals surface area contributed by atoms with Gasteiger partial charge in [0.15, 0.2) is 0 Å². The zero-order chi connectivity index (χ0) is 18.3. The molecule has 5 unspecified atom stereocenters. The molecule has 0 spiro atoms. The fourth-order valence-electron chi connectivity index (χ4n) is 5.25. The molecule has 3 aliphatic rings. The fourth-order valence-corrected chi connectivity index (χ4v) is 5.25. The molecule has 0 aromatic heterocycles. The van der Waals surface area contributed by atoms with Crippen molar-refractivity contribution in [2.45, 2.75) is 45.1 Å². The van der Waals surface area contributed by atoms with Gasteiger partial charge in [-0.3, -0.25) is 9.59 Å². The van der Waals surface area contributed by atoms with Gasteiger partial charge in [0.2, 0.25) is 11.8 Å². The molecule has 3 fully saturated rings. The smallest absolute Gasteiger partial charge is 0.227 e. The second-order valence-electron chi connectivity index (χ2n) is 8.24. The summed E-state index contributed by atoms with van der Waals surface area (Å²) >= 11 is 0. The summed E-state index contributed by atoms with van der Waals surface area (Å²) in [6.07, 6.45) is 5.59. The van der Waals surface area contributed by atoms with Gasteiger partial charge >= 0.3 is 0 Å². The van der Waals surface area contributed by atoms with Crippen LogP contribution >= 0.6 is 0 Å². The molecule has 1 aromatic rings. The number of carbonyl (C=O) groups excluding carboxylic acids is 2. The number of rotatable bonds is 5. The Hall–Kier alpha value is -2.04. The Balaban J connectivity index is 1.36. The molecule has 2 amide bonds. The summed E-state index contributed by atoms with van der Waals surface area (Å²) in [6.45, 7) is 2.60. The Morgan fingerprint density at radius 1 is 1.23 bits per heavy atom. The van der Waals surface area contributed by atoms with Crippen LogP contribution in [0.1, 0.15) is 39.0 Å². The number of nitrogens with one attached hydrogen (secondary N) is 1. The molecule has 1 N–H and O–H groups in total. The van der Waals surface area contributed by atoms with Gasteiger partial charge in [0, 0.05) is 24.7 Å². The number of amides is 2. The number of hydrogen-bond acceptors (Lipinski definition) is 3. The van der Waals surface area contributed by atoms with Crippen molar-refractivity contribution in [2.24, 2.45) is 23.7 Å². The van der Waals surface area contributed by atoms with E-state index in [-0.39, 0.29) is 23.8 Å². The lowest BCUT2D eigenvalue weighted by molar-refractivity contribution is -0.127. The number of methoxy groups -OCH3 is 1. The van der Waals surface area contributed by atoms with Gasteiger partial charge in [-0.05, 0) is 68.2 Å². The SMILES string of the molecule is COc1ccc(N2CC(C(=O)NC(C)C3CC4CCC3C4)CC2=O)cc1. The summed E-state index contributed by atoms with van der Waals surface area (Å²) in [7, 11) is 1.62. The van der Waals surface area contributed by atoms with E-state index < -0.39 is 0 Å². The number of anilines is 1. The van der Waals surface area contributed by atoms with E-state index in [0.29, 0.717) is 18.9 Å². The van der Waals surface area contributed by atoms with Crippen molar-refractivity contribution in [3.05, 3.63) is 24.3 Å². The van der Waals surface area contributed by atoms with Gasteiger partial charge in [-0.15, -0.1) is 0 Å². The summed E-state index contributed by atoms with van der Waals surface area (Å²) in [4.78, 5) is 26.9. The van der Waals surface area contributed by atoms with E-state index in [1.807, 2.05) is 24.3 Å². The highest BCUT2D eigenvalue weighted by molar-refractivity contribution is 6.00. The fraction of sp³-hybridized carbons (Fsp3) is 0.619. The van der Waals surface area contributed by atoms with Gasteiger partial charge in [0.1, 0.15) is 5.75 Å². The molecule has 0 radical (unpaired) electrons. The van der Waals surface area contributed by atoms with Crippen LogP contribution in [0.3, 0.4) is 0 Å². The standard InChI is InChI=1S/C21H28N2O3/c1-13(19-10-14-3-4-15(19)9-14)22-21(25)16-11-20(24)23(12-16)17-5-7-18(26-2)8-6-17/h5-8,13-16,19H,3-4,9-12H2,1-2H3,(H,22,25). The number of nitrogens with zero attached hydrogens (tertiary/aromatic N) is 1. The third-order valence-electron chi connectivity index (χ3n) is 6.68. The number of benzene rings is 1. The molecule has 2 saturated carbocycles. The minimum absolute atomic E-state index is 0.0166. The molecule has 2 aliphatic carbocycles. The quantitative estimate of drug-likeness (QED) is 0.882. The van der Waals surface area contributed by atoms with Crippen molar-refractivity contribution in [3.8, 4) is 5.75 Å². The third-order valence-corrected chi connectivity index (χ3v) is 6.68. The normalized spacial score (nSPS) is 31.3. The lowest BCUT2D eigenvalue weighted by Gasteiger charge is -2.29. The summed E-state index contributed by atoms with van der Waals surface area (Å²) in [5.41, 5.74) is 0.826. The van der Waals surface area contributed by atoms with Crippen LogP contribution < -0.4 is 15.0 Å². The number of carbonyl (C=O) groups is 2. The van der Waals surface area contributed by atoms with E-state index in [9.17, 15) is 9.59 Å². The van der Waals surface area contributed by atoms with E-state index in [2.05, 4.69) is 12.2 Å². The molecule has 4 rings (SSSR count). The molecule has 1 heterocycles. The zero-order valence-electron chi connectivity index (χ0n) is 15.6. The maximum atomic E-state index is 12.7. The third kappa shape index (κ3) is 3.19. The van der Waals surface area contributed by atoms with Crippen LogP contribution in [0.25, 0.3) is 0 Å². The average Bonchev–Trinajstić information content (AvgIpc) is 3.37. The molecule has 26 heavy (non-hydrogen) atoms. The van der Waals surface area contributed by atoms with Crippen molar-refractivity contribution in [1.29, 1.82) is 0 Å². The van der Waals surface area contributed by atoms with Crippen LogP contribution in [0.5, 0.6) is 5.75 Å². The minimum atomic E-state index is -0.259. The maximum Gasteiger partial charge on any atom is 0.227 e. The second-order valence-corrected chi connectivity index (χ2v) is 8.24. The lowest BCUT2D eigenvalue weighted by Crippen LogP contribution is -2.43. The van der Waals surface area contributed by atoms with Crippen LogP contribution in [0, 0.1) is 23.7 Å². The summed E-state index contributed by atoms with van der Waals surface area (Å²) in [5, 5.41) is 3.22. The summed E-state index contributed by atoms with van der Waals surface area (Å²) < 4.78 is 5.16. The first kappa shape index (κ1) is 17.4. The first-order chi connectivity index (χ1) is 12.5. The zero-order valence-corrected chi connectivity index (χ0v) is 15.6. The largest absolute Gasteiger partial charge is 0.497 e. The molecule has 5 heteroatoms. The molecule has 5 atom stereocenters. The maximum absolute atomic E-state index is 12.7. The molecule has 140 valence electrons. The van der Waals surface area contributed by atoms with Crippen molar-refractivity contribution < 1.29 is 14.3 Å². The lowest BCUT2D eigenvalue weighted by atomic mass is 9.84. The van der Waals surface area contributed by atoms with Crippen molar-refractivity contribution in [3.63, 3.8) is 0 Å². The molecular weight excluding hydrogens is 328 g/mol. The summed E-state index contributed by atoms with van der Waals surface area (Å²) in [5.74, 6) is 2.83. The van der Waals surface area contributed by atoms with Crippen molar-refractivity contribution >= 4 is 17.5 Å². The monoisotopic (exact) mass is 356 g/mol. The Bertz CT molecular complexity index is 687. The molecule has 5 nitrogen and oxygen atoms in total. The topological polar surface area (TPSA) is 58.6 Å². The van der Waals surface area contributed by atoms with Gasteiger partial charge in [0.25, 0.3) is 0 Å². The Morgan fingerprint density at radius 3 is 2.62 bits per heavy atom. The molecule has 1 aromatic carbocycles. The van der Waals surface area contributed by atoms with Gasteiger partial charge in [0.05, 0.1) is 13.0 Å². The highest BCUT2D eigenvalue weighted by Gasteiger charge is 2.43. The first-order valence-corrected chi connectivity index (χ1v) is 9.80. The first-order valence-electron chi connectivity index (χ1n) is 9.80. The second kappa shape index (κ2) is 6.93. The van der Waals surface area contributed by atoms with E-state index >= 15 is 0 Å². The Labute approximate surface area is 155 Å². The van der Waals surface area contributed by atoms with Gasteiger partial charge < -0.3 is 15.0 Å². The Morgan fingerprint density at radius 2 is 2.00 bits per heavy atom. The predicted molar refractivity (Wildman–Crippen MR) is 100.0 cm³/mol. The van der Waals surface area contributed by atoms with Crippen LogP contribution in [0.4, 0.5) is 5.69 Å². The number of fused-ring (bicyclic) bond motifs is 2. The highest BCUT2D eigenvalue weighted by atomic mass is 16.5. The molecular formula is C21H28N2O3. The van der Waals surface area contributed by atoms with Crippen LogP contribution in [0.2, 0.25) is 0 Å². The Kier molecular flexibility index (Phi) is 4.63. The minimum Gasteiger partial charge on any atom is -0.497 e. The average molecular weight is 356 g/mol. The van der Waals surface area contributed by atoms with Crippen molar-refractivity contribution in [1.82, 2.24) is 5.32 Å². The van der Waals surface area contributed by atoms with Crippen molar-refractivity contribution in [2.75, 3.05) is 18.6 Å². The predicted octanol–water partition coefficient (Wildman–Crippen LogP) is 2.99. The van der Waals surface area contributed by atoms with E-state index in [0.717, 1.165) is 23.3 Å². The highest BCUT2D eigenvalue weighted by Crippen LogP contribution is 2.49. The van der Waals surface area contributed by atoms with Gasteiger partial charge in [-0.1, -0.05) is 6.42 Å². The number of hydrogen-bond donors (Lipinski definition) is 1. The van der Waals surface area contributed by atoms with Gasteiger partial charge in [-0.2, -0.15) is 0 Å². The van der Waals surface area contributed by atoms with E-state index in [1.54, 1.807) is 12.0 Å². The van der Waals surface area contributed by atoms with E-state index in [1.165, 1.54) is 25.7 Å². The van der Waals surface area contributed by atoms with Crippen LogP contribution in [-0.2, 0) is 9.59 Å². The van der Waals surface area contributed by atoms with E-state index in [4.69, 9.17) is 4.74 Å². The van der Waals surface area contributed by atoms with Crippen LogP contribution in [0.15, 0.2) is 24.3 Å². The molecule has 1 saturated heterocycles. The molecule has 2 bridgehead atoms. The molecule has 1 aliphatic heterocycles. The summed E-state index contributed by atoms with van der Waals surface area (Å²) in [6, 6.07) is 7.63. The van der Waals surface area contributed by atoms with Gasteiger partial charge in [-0.25, -0.2) is 0 Å². The van der Waals surface area contributed by atoms with Crippen LogP contribution in [-0.4, -0.2) is 31.5 Å². The number of ether oxygens (including phenoxy) is 1.